The van der Waals surface area contributed by atoms with Crippen molar-refractivity contribution in [3.8, 4) is 0 Å². The van der Waals surface area contributed by atoms with Crippen LogP contribution in [0.25, 0.3) is 0 Å². The number of carbonyl (C=O) groups is 3. The van der Waals surface area contributed by atoms with Crippen LogP contribution in [0.15, 0.2) is 36.7 Å². The summed E-state index contributed by atoms with van der Waals surface area (Å²) in [6.45, 7) is 5.75. The van der Waals surface area contributed by atoms with Gasteiger partial charge in [-0.25, -0.2) is 4.98 Å². The van der Waals surface area contributed by atoms with Gasteiger partial charge in [0, 0.05) is 56.8 Å². The highest BCUT2D eigenvalue weighted by atomic mass is 16.2. The Balaban J connectivity index is 1.18. The van der Waals surface area contributed by atoms with E-state index in [0.29, 0.717) is 31.9 Å². The van der Waals surface area contributed by atoms with Gasteiger partial charge in [-0.1, -0.05) is 29.8 Å². The molecule has 1 N–H and O–H groups in total. The lowest BCUT2D eigenvalue weighted by Gasteiger charge is -2.45. The number of nitrogens with zero attached hydrogens (tertiary/aromatic N) is 5. The van der Waals surface area contributed by atoms with E-state index in [2.05, 4.69) is 65.5 Å². The van der Waals surface area contributed by atoms with Gasteiger partial charge in [-0.05, 0) is 65.6 Å². The van der Waals surface area contributed by atoms with Crippen molar-refractivity contribution in [3.05, 3.63) is 59.2 Å². The summed E-state index contributed by atoms with van der Waals surface area (Å²) in [4.78, 5) is 52.2. The zero-order chi connectivity index (χ0) is 28.0. The first-order valence-electron chi connectivity index (χ1n) is 14.0. The molecule has 1 aromatic carbocycles. The van der Waals surface area contributed by atoms with Gasteiger partial charge < -0.3 is 20.0 Å². The maximum Gasteiger partial charge on any atom is 0.274 e. The molecule has 3 amide bonds. The molecule has 1 aromatic heterocycles. The van der Waals surface area contributed by atoms with Gasteiger partial charge >= 0.3 is 0 Å². The maximum absolute atomic E-state index is 12.7. The van der Waals surface area contributed by atoms with Crippen LogP contribution in [0.1, 0.15) is 65.8 Å². The molecule has 0 bridgehead atoms. The Hall–Kier alpha value is -3.33. The molecule has 2 fully saturated rings. The number of likely N-dealkylation sites (N-methyl/N-ethyl adjacent to an activating group) is 1. The van der Waals surface area contributed by atoms with Crippen molar-refractivity contribution in [1.29, 1.82) is 0 Å². The third-order valence-electron chi connectivity index (χ3n) is 8.37. The Bertz CT molecular complexity index is 1130. The lowest BCUT2D eigenvalue weighted by Crippen LogP contribution is -2.52. The monoisotopic (exact) mass is 534 g/mol. The van der Waals surface area contributed by atoms with Gasteiger partial charge in [0.15, 0.2) is 0 Å². The molecule has 0 atom stereocenters. The van der Waals surface area contributed by atoms with Crippen molar-refractivity contribution in [3.63, 3.8) is 0 Å². The minimum atomic E-state index is -0.168. The summed E-state index contributed by atoms with van der Waals surface area (Å²) in [5, 5.41) is 3.18. The summed E-state index contributed by atoms with van der Waals surface area (Å²) in [7, 11) is 4.32. The number of rotatable bonds is 8. The maximum atomic E-state index is 12.7. The van der Waals surface area contributed by atoms with Crippen LogP contribution >= 0.6 is 0 Å². The molecular formula is C30H42N6O3. The molecule has 0 spiro atoms. The predicted octanol–water partition coefficient (Wildman–Crippen LogP) is 2.76. The number of aryl methyl sites for hydroxylation is 2. The minimum absolute atomic E-state index is 0.0410. The quantitative estimate of drug-likeness (QED) is 0.559. The number of benzene rings is 1. The Morgan fingerprint density at radius 2 is 1.56 bits per heavy atom. The van der Waals surface area contributed by atoms with E-state index < -0.39 is 0 Å². The third-order valence-corrected chi connectivity index (χ3v) is 8.37. The molecule has 9 heteroatoms. The average Bonchev–Trinajstić information content (AvgIpc) is 2.94. The van der Waals surface area contributed by atoms with Crippen LogP contribution in [0.2, 0.25) is 0 Å². The molecule has 4 rings (SSSR count). The van der Waals surface area contributed by atoms with Crippen LogP contribution in [0.3, 0.4) is 0 Å². The Morgan fingerprint density at radius 1 is 0.923 bits per heavy atom. The lowest BCUT2D eigenvalue weighted by molar-refractivity contribution is -0.135. The van der Waals surface area contributed by atoms with E-state index in [4.69, 9.17) is 0 Å². The number of amides is 3. The van der Waals surface area contributed by atoms with Crippen LogP contribution in [-0.4, -0.2) is 94.2 Å². The third kappa shape index (κ3) is 7.41. The van der Waals surface area contributed by atoms with Crippen molar-refractivity contribution in [2.45, 2.75) is 70.4 Å². The SMILES string of the molecule is Cc1ccc(CC2(N(C)C)CCC(NC(=O)CCC(=O)N3CCN(C(=O)c4cnc(C)cn4)CC3)CC2)cc1. The second-order valence-corrected chi connectivity index (χ2v) is 11.3. The zero-order valence-electron chi connectivity index (χ0n) is 23.8. The molecule has 2 aromatic rings. The van der Waals surface area contributed by atoms with E-state index in [-0.39, 0.29) is 42.1 Å². The molecular weight excluding hydrogens is 492 g/mol. The van der Waals surface area contributed by atoms with Crippen molar-refractivity contribution in [2.75, 3.05) is 40.3 Å². The van der Waals surface area contributed by atoms with Crippen LogP contribution in [0.4, 0.5) is 0 Å². The van der Waals surface area contributed by atoms with Crippen LogP contribution < -0.4 is 5.32 Å². The van der Waals surface area contributed by atoms with Crippen LogP contribution in [0.5, 0.6) is 0 Å². The first-order valence-corrected chi connectivity index (χ1v) is 14.0. The van der Waals surface area contributed by atoms with Gasteiger partial charge in [-0.2, -0.15) is 0 Å². The highest BCUT2D eigenvalue weighted by molar-refractivity contribution is 5.92. The summed E-state index contributed by atoms with van der Waals surface area (Å²) >= 11 is 0. The topological polar surface area (TPSA) is 98.7 Å². The normalized spacial score (nSPS) is 21.6. The first-order chi connectivity index (χ1) is 18.6. The molecule has 0 radical (unpaired) electrons. The van der Waals surface area contributed by atoms with Crippen molar-refractivity contribution >= 4 is 17.7 Å². The van der Waals surface area contributed by atoms with Crippen LogP contribution in [0, 0.1) is 13.8 Å². The lowest BCUT2D eigenvalue weighted by atomic mass is 9.74. The first kappa shape index (κ1) is 28.7. The fourth-order valence-corrected chi connectivity index (χ4v) is 5.67. The summed E-state index contributed by atoms with van der Waals surface area (Å²) in [6, 6.07) is 8.94. The number of nitrogens with one attached hydrogen (secondary N) is 1. The highest BCUT2D eigenvalue weighted by Gasteiger charge is 2.37. The fourth-order valence-electron chi connectivity index (χ4n) is 5.67. The Morgan fingerprint density at radius 3 is 2.15 bits per heavy atom. The molecule has 210 valence electrons. The second kappa shape index (κ2) is 12.7. The van der Waals surface area contributed by atoms with Gasteiger partial charge in [0.1, 0.15) is 5.69 Å². The average molecular weight is 535 g/mol. The van der Waals surface area contributed by atoms with Crippen molar-refractivity contribution in [2.24, 2.45) is 0 Å². The molecule has 1 saturated heterocycles. The number of carbonyl (C=O) groups excluding carboxylic acids is 3. The van der Waals surface area contributed by atoms with E-state index in [1.807, 2.05) is 6.92 Å². The molecule has 0 unspecified atom stereocenters. The van der Waals surface area contributed by atoms with Crippen molar-refractivity contribution in [1.82, 2.24) is 30.0 Å². The summed E-state index contributed by atoms with van der Waals surface area (Å²) in [6.07, 6.45) is 8.37. The molecule has 1 aliphatic carbocycles. The number of hydrogen-bond donors (Lipinski definition) is 1. The number of aromatic nitrogens is 2. The van der Waals surface area contributed by atoms with E-state index in [1.54, 1.807) is 16.0 Å². The second-order valence-electron chi connectivity index (χ2n) is 11.3. The van der Waals surface area contributed by atoms with E-state index >= 15 is 0 Å². The summed E-state index contributed by atoms with van der Waals surface area (Å²) in [5.74, 6) is -0.268. The molecule has 1 saturated carbocycles. The number of piperazine rings is 1. The molecule has 2 heterocycles. The van der Waals surface area contributed by atoms with E-state index in [0.717, 1.165) is 37.8 Å². The Kier molecular flexibility index (Phi) is 9.32. The standard InChI is InChI=1S/C30H42N6O3/c1-22-5-7-24(8-6-22)19-30(34(3)4)13-11-25(12-14-30)33-27(37)9-10-28(38)35-15-17-36(18-16-35)29(39)26-21-31-23(2)20-32-26/h5-8,20-21,25H,9-19H2,1-4H3,(H,33,37). The predicted molar refractivity (Wildman–Crippen MR) is 150 cm³/mol. The zero-order valence-corrected chi connectivity index (χ0v) is 23.8. The van der Waals surface area contributed by atoms with Crippen molar-refractivity contribution < 1.29 is 14.4 Å². The van der Waals surface area contributed by atoms with Crippen LogP contribution in [-0.2, 0) is 16.0 Å². The molecule has 9 nitrogen and oxygen atoms in total. The van der Waals surface area contributed by atoms with Gasteiger partial charge in [0.05, 0.1) is 11.9 Å². The van der Waals surface area contributed by atoms with Gasteiger partial charge in [-0.15, -0.1) is 0 Å². The van der Waals surface area contributed by atoms with Gasteiger partial charge in [0.2, 0.25) is 11.8 Å². The molecule has 2 aliphatic rings. The summed E-state index contributed by atoms with van der Waals surface area (Å²) < 4.78 is 0. The minimum Gasteiger partial charge on any atom is -0.353 e. The smallest absolute Gasteiger partial charge is 0.274 e. The summed E-state index contributed by atoms with van der Waals surface area (Å²) in [5.41, 5.74) is 3.80. The van der Waals surface area contributed by atoms with Gasteiger partial charge in [-0.3, -0.25) is 19.4 Å². The molecule has 1 aliphatic heterocycles. The molecule has 39 heavy (non-hydrogen) atoms. The number of hydrogen-bond acceptors (Lipinski definition) is 6. The van der Waals surface area contributed by atoms with Gasteiger partial charge in [0.25, 0.3) is 5.91 Å². The van der Waals surface area contributed by atoms with E-state index in [1.165, 1.54) is 17.3 Å². The van der Waals surface area contributed by atoms with E-state index in [9.17, 15) is 14.4 Å². The largest absolute Gasteiger partial charge is 0.353 e. The highest BCUT2D eigenvalue weighted by Crippen LogP contribution is 2.35. The fraction of sp³-hybridized carbons (Fsp3) is 0.567. The Labute approximate surface area is 232 Å².